The van der Waals surface area contributed by atoms with Gasteiger partial charge in [-0.15, -0.1) is 0 Å². The van der Waals surface area contributed by atoms with Crippen LogP contribution in [-0.2, 0) is 22.6 Å². The van der Waals surface area contributed by atoms with E-state index < -0.39 is 6.04 Å². The molecule has 0 saturated heterocycles. The maximum absolute atomic E-state index is 13.2. The molecule has 2 rings (SSSR count). The second kappa shape index (κ2) is 12.6. The summed E-state index contributed by atoms with van der Waals surface area (Å²) in [5.41, 5.74) is 1.94. The van der Waals surface area contributed by atoms with Gasteiger partial charge in [0.2, 0.25) is 11.8 Å². The third-order valence-electron chi connectivity index (χ3n) is 5.02. The van der Waals surface area contributed by atoms with Gasteiger partial charge in [-0.2, -0.15) is 0 Å². The van der Waals surface area contributed by atoms with E-state index >= 15 is 0 Å². The fourth-order valence-electron chi connectivity index (χ4n) is 3.30. The van der Waals surface area contributed by atoms with Crippen molar-refractivity contribution in [3.8, 4) is 0 Å². The first-order valence-corrected chi connectivity index (χ1v) is 11.3. The summed E-state index contributed by atoms with van der Waals surface area (Å²) in [4.78, 5) is 27.7. The number of amides is 2. The van der Waals surface area contributed by atoms with Crippen LogP contribution in [0.1, 0.15) is 50.7 Å². The molecular weight excluding hydrogens is 419 g/mol. The van der Waals surface area contributed by atoms with Crippen molar-refractivity contribution in [2.75, 3.05) is 6.54 Å². The monoisotopic (exact) mass is 448 g/mol. The number of carbonyl (C=O) groups is 2. The van der Waals surface area contributed by atoms with E-state index in [1.807, 2.05) is 43.3 Å². The molecule has 0 heterocycles. The summed E-state index contributed by atoms with van der Waals surface area (Å²) in [5, 5.41) is 3.87. The highest BCUT2D eigenvalue weighted by Crippen LogP contribution is 2.24. The van der Waals surface area contributed by atoms with E-state index in [0.29, 0.717) is 42.4 Å². The Morgan fingerprint density at radius 2 is 1.73 bits per heavy atom. The van der Waals surface area contributed by atoms with E-state index in [0.717, 1.165) is 24.0 Å². The highest BCUT2D eigenvalue weighted by Gasteiger charge is 2.28. The van der Waals surface area contributed by atoms with Crippen LogP contribution in [-0.4, -0.2) is 29.3 Å². The van der Waals surface area contributed by atoms with Gasteiger partial charge >= 0.3 is 0 Å². The molecule has 0 aromatic heterocycles. The zero-order valence-corrected chi connectivity index (χ0v) is 19.2. The summed E-state index contributed by atoms with van der Waals surface area (Å²) in [6.45, 7) is 4.93. The number of unbranched alkanes of at least 4 members (excludes halogenated alkanes) is 1. The Labute approximate surface area is 189 Å². The Morgan fingerprint density at radius 1 is 1.00 bits per heavy atom. The van der Waals surface area contributed by atoms with E-state index in [1.165, 1.54) is 0 Å². The summed E-state index contributed by atoms with van der Waals surface area (Å²) >= 11 is 12.2. The molecular formula is C24H30Cl2N2O2. The lowest BCUT2D eigenvalue weighted by Gasteiger charge is -2.31. The lowest BCUT2D eigenvalue weighted by atomic mass is 10.1. The highest BCUT2D eigenvalue weighted by atomic mass is 35.5. The van der Waals surface area contributed by atoms with Crippen molar-refractivity contribution in [1.82, 2.24) is 10.2 Å². The number of hydrogen-bond donors (Lipinski definition) is 1. The molecule has 0 radical (unpaired) electrons. The van der Waals surface area contributed by atoms with Crippen molar-refractivity contribution in [1.29, 1.82) is 0 Å². The number of aryl methyl sites for hydroxylation is 1. The number of nitrogens with one attached hydrogen (secondary N) is 1. The van der Waals surface area contributed by atoms with Crippen LogP contribution in [0.15, 0.2) is 48.5 Å². The quantitative estimate of drug-likeness (QED) is 0.451. The van der Waals surface area contributed by atoms with Crippen molar-refractivity contribution in [2.24, 2.45) is 0 Å². The summed E-state index contributed by atoms with van der Waals surface area (Å²) in [6, 6.07) is 14.7. The van der Waals surface area contributed by atoms with E-state index in [9.17, 15) is 9.59 Å². The molecule has 4 nitrogen and oxygen atoms in total. The van der Waals surface area contributed by atoms with Gasteiger partial charge in [0.1, 0.15) is 6.04 Å². The molecule has 0 aliphatic rings. The third kappa shape index (κ3) is 7.33. The molecule has 1 atom stereocenters. The maximum Gasteiger partial charge on any atom is 0.242 e. The smallest absolute Gasteiger partial charge is 0.242 e. The van der Waals surface area contributed by atoms with E-state index in [2.05, 4.69) is 12.2 Å². The Morgan fingerprint density at radius 3 is 2.37 bits per heavy atom. The highest BCUT2D eigenvalue weighted by molar-refractivity contribution is 6.42. The predicted octanol–water partition coefficient (Wildman–Crippen LogP) is 5.65. The third-order valence-corrected chi connectivity index (χ3v) is 5.76. The summed E-state index contributed by atoms with van der Waals surface area (Å²) in [5.74, 6) is -0.165. The molecule has 0 aliphatic heterocycles. The minimum Gasteiger partial charge on any atom is -0.354 e. The molecule has 0 fully saturated rings. The molecule has 6 heteroatoms. The van der Waals surface area contributed by atoms with Crippen molar-refractivity contribution in [3.63, 3.8) is 0 Å². The van der Waals surface area contributed by atoms with Crippen LogP contribution in [0.2, 0.25) is 10.0 Å². The molecule has 0 aliphatic carbocycles. The Kier molecular flexibility index (Phi) is 10.2. The van der Waals surface area contributed by atoms with Crippen LogP contribution in [0.5, 0.6) is 0 Å². The first-order chi connectivity index (χ1) is 14.5. The Bertz CT molecular complexity index is 827. The first-order valence-electron chi connectivity index (χ1n) is 10.5. The fourth-order valence-corrected chi connectivity index (χ4v) is 3.62. The number of benzene rings is 2. The van der Waals surface area contributed by atoms with Gasteiger partial charge in [0.25, 0.3) is 0 Å². The number of halogens is 2. The van der Waals surface area contributed by atoms with Crippen LogP contribution in [0, 0.1) is 0 Å². The largest absolute Gasteiger partial charge is 0.354 e. The molecule has 2 aromatic carbocycles. The van der Waals surface area contributed by atoms with Gasteiger partial charge in [0.15, 0.2) is 0 Å². The number of hydrogen-bond acceptors (Lipinski definition) is 2. The van der Waals surface area contributed by atoms with Crippen LogP contribution in [0.4, 0.5) is 0 Å². The van der Waals surface area contributed by atoms with Crippen molar-refractivity contribution < 1.29 is 9.59 Å². The second-order valence-electron chi connectivity index (χ2n) is 7.32. The van der Waals surface area contributed by atoms with Crippen molar-refractivity contribution >= 4 is 35.0 Å². The normalized spacial score (nSPS) is 11.7. The molecule has 30 heavy (non-hydrogen) atoms. The molecule has 0 spiro atoms. The van der Waals surface area contributed by atoms with E-state index in [1.54, 1.807) is 17.0 Å². The molecule has 1 N–H and O–H groups in total. The fraction of sp³-hybridized carbons (Fsp3) is 0.417. The molecule has 2 aromatic rings. The average Bonchev–Trinajstić information content (AvgIpc) is 2.75. The van der Waals surface area contributed by atoms with Crippen molar-refractivity contribution in [2.45, 2.75) is 58.5 Å². The van der Waals surface area contributed by atoms with Crippen LogP contribution >= 0.6 is 23.2 Å². The van der Waals surface area contributed by atoms with Gasteiger partial charge in [0, 0.05) is 19.5 Å². The molecule has 0 unspecified atom stereocenters. The van der Waals surface area contributed by atoms with Crippen molar-refractivity contribution in [3.05, 3.63) is 69.7 Å². The standard InChI is InChI=1S/C24H30Cl2N2O2/c1-3-5-15-27-24(30)22(4-2)28(17-19-11-13-20(25)21(26)16-19)23(29)14-12-18-9-7-6-8-10-18/h6-11,13,16,22H,3-5,12,14-15,17H2,1-2H3,(H,27,30)/t22-/m0/s1. The molecule has 0 bridgehead atoms. The zero-order chi connectivity index (χ0) is 21.9. The lowest BCUT2D eigenvalue weighted by Crippen LogP contribution is -2.49. The molecule has 162 valence electrons. The second-order valence-corrected chi connectivity index (χ2v) is 8.14. The van der Waals surface area contributed by atoms with Crippen LogP contribution < -0.4 is 5.32 Å². The minimum absolute atomic E-state index is 0.0533. The predicted molar refractivity (Wildman–Crippen MR) is 124 cm³/mol. The van der Waals surface area contributed by atoms with E-state index in [4.69, 9.17) is 23.2 Å². The topological polar surface area (TPSA) is 49.4 Å². The average molecular weight is 449 g/mol. The molecule has 0 saturated carbocycles. The number of nitrogens with zero attached hydrogens (tertiary/aromatic N) is 1. The van der Waals surface area contributed by atoms with Gasteiger partial charge in [-0.3, -0.25) is 9.59 Å². The van der Waals surface area contributed by atoms with Crippen LogP contribution in [0.3, 0.4) is 0 Å². The Balaban J connectivity index is 2.19. The summed E-state index contributed by atoms with van der Waals surface area (Å²) in [7, 11) is 0. The van der Waals surface area contributed by atoms with Gasteiger partial charge in [-0.1, -0.05) is 79.9 Å². The first kappa shape index (κ1) is 24.2. The van der Waals surface area contributed by atoms with Crippen LogP contribution in [0.25, 0.3) is 0 Å². The lowest BCUT2D eigenvalue weighted by molar-refractivity contribution is -0.141. The number of carbonyl (C=O) groups excluding carboxylic acids is 2. The van der Waals surface area contributed by atoms with Gasteiger partial charge in [-0.05, 0) is 42.5 Å². The Hall–Kier alpha value is -2.04. The zero-order valence-electron chi connectivity index (χ0n) is 17.7. The van der Waals surface area contributed by atoms with Gasteiger partial charge in [0.05, 0.1) is 10.0 Å². The summed E-state index contributed by atoms with van der Waals surface area (Å²) < 4.78 is 0. The van der Waals surface area contributed by atoms with Gasteiger partial charge in [-0.25, -0.2) is 0 Å². The maximum atomic E-state index is 13.2. The minimum atomic E-state index is -0.528. The van der Waals surface area contributed by atoms with E-state index in [-0.39, 0.29) is 11.8 Å². The number of rotatable bonds is 11. The summed E-state index contributed by atoms with van der Waals surface area (Å²) in [6.07, 6.45) is 3.42. The van der Waals surface area contributed by atoms with Gasteiger partial charge < -0.3 is 10.2 Å². The molecule has 2 amide bonds. The SMILES string of the molecule is CCCCNC(=O)[C@H](CC)N(Cc1ccc(Cl)c(Cl)c1)C(=O)CCc1ccccc1.